The molecule has 2 rings (SSSR count). The van der Waals surface area contributed by atoms with E-state index in [9.17, 15) is 4.79 Å². The molecule has 0 saturated carbocycles. The summed E-state index contributed by atoms with van der Waals surface area (Å²) in [6.07, 6.45) is 3.20. The van der Waals surface area contributed by atoms with E-state index in [-0.39, 0.29) is 5.91 Å². The predicted octanol–water partition coefficient (Wildman–Crippen LogP) is 4.28. The van der Waals surface area contributed by atoms with Gasteiger partial charge in [-0.1, -0.05) is 30.3 Å². The molecule has 0 spiro atoms. The van der Waals surface area contributed by atoms with Crippen LogP contribution in [0, 0.1) is 3.57 Å². The molecular formula is C18H16ClIN2O3. The second kappa shape index (κ2) is 9.43. The van der Waals surface area contributed by atoms with Crippen LogP contribution in [0.25, 0.3) is 0 Å². The van der Waals surface area contributed by atoms with Gasteiger partial charge < -0.3 is 9.47 Å². The molecule has 0 aromatic heterocycles. The fourth-order valence-corrected chi connectivity index (χ4v) is 2.93. The molecule has 2 aromatic rings. The van der Waals surface area contributed by atoms with Crippen molar-refractivity contribution in [2.24, 2.45) is 5.10 Å². The molecule has 130 valence electrons. The second-order valence-electron chi connectivity index (χ2n) is 4.84. The Morgan fingerprint density at radius 2 is 2.20 bits per heavy atom. The summed E-state index contributed by atoms with van der Waals surface area (Å²) in [7, 11) is 1.56. The van der Waals surface area contributed by atoms with Crippen LogP contribution in [0.1, 0.15) is 15.9 Å². The Labute approximate surface area is 164 Å². The van der Waals surface area contributed by atoms with Crippen molar-refractivity contribution < 1.29 is 14.3 Å². The normalized spacial score (nSPS) is 10.5. The summed E-state index contributed by atoms with van der Waals surface area (Å²) in [6.45, 7) is 4.01. The van der Waals surface area contributed by atoms with Crippen molar-refractivity contribution in [1.29, 1.82) is 0 Å². The molecule has 0 fully saturated rings. The van der Waals surface area contributed by atoms with Crippen LogP contribution in [0.2, 0.25) is 5.02 Å². The van der Waals surface area contributed by atoms with Crippen LogP contribution in [0.5, 0.6) is 11.5 Å². The van der Waals surface area contributed by atoms with E-state index >= 15 is 0 Å². The number of methoxy groups -OCH3 is 1. The lowest BCUT2D eigenvalue weighted by Gasteiger charge is -2.12. The van der Waals surface area contributed by atoms with E-state index in [2.05, 4.69) is 39.7 Å². The van der Waals surface area contributed by atoms with Crippen LogP contribution in [-0.2, 0) is 0 Å². The Hall–Kier alpha value is -2.06. The third-order valence-corrected chi connectivity index (χ3v) is 4.10. The first-order chi connectivity index (χ1) is 12.0. The number of carbonyl (C=O) groups is 1. The molecule has 0 atom stereocenters. The average molecular weight is 471 g/mol. The van der Waals surface area contributed by atoms with Crippen molar-refractivity contribution in [3.63, 3.8) is 0 Å². The van der Waals surface area contributed by atoms with Crippen LogP contribution in [0.3, 0.4) is 0 Å². The minimum absolute atomic E-state index is 0.341. The zero-order chi connectivity index (χ0) is 18.2. The number of hydrogen-bond acceptors (Lipinski definition) is 4. The number of ether oxygens (including phenoxy) is 2. The number of nitrogens with zero attached hydrogens (tertiary/aromatic N) is 1. The number of hydrazone groups is 1. The number of benzene rings is 2. The lowest BCUT2D eigenvalue weighted by molar-refractivity contribution is 0.0955. The van der Waals surface area contributed by atoms with Gasteiger partial charge in [0.05, 0.1) is 16.9 Å². The highest BCUT2D eigenvalue weighted by molar-refractivity contribution is 14.1. The number of amides is 1. The first-order valence-corrected chi connectivity index (χ1v) is 8.71. The van der Waals surface area contributed by atoms with E-state index in [4.69, 9.17) is 21.1 Å². The summed E-state index contributed by atoms with van der Waals surface area (Å²) in [4.78, 5) is 12.0. The lowest BCUT2D eigenvalue weighted by atomic mass is 10.2. The van der Waals surface area contributed by atoms with Crippen molar-refractivity contribution in [2.75, 3.05) is 13.7 Å². The van der Waals surface area contributed by atoms with Crippen molar-refractivity contribution in [3.05, 3.63) is 68.8 Å². The molecule has 5 nitrogen and oxygen atoms in total. The molecule has 7 heteroatoms. The first-order valence-electron chi connectivity index (χ1n) is 7.25. The van der Waals surface area contributed by atoms with Crippen molar-refractivity contribution >= 4 is 46.3 Å². The Bertz CT molecular complexity index is 809. The van der Waals surface area contributed by atoms with Crippen molar-refractivity contribution in [3.8, 4) is 11.5 Å². The summed E-state index contributed by atoms with van der Waals surface area (Å²) in [6, 6.07) is 10.3. The van der Waals surface area contributed by atoms with Gasteiger partial charge in [0.1, 0.15) is 6.61 Å². The first kappa shape index (κ1) is 19.3. The highest BCUT2D eigenvalue weighted by atomic mass is 127. The molecule has 0 aliphatic heterocycles. The maximum absolute atomic E-state index is 12.0. The van der Waals surface area contributed by atoms with E-state index in [0.717, 1.165) is 9.13 Å². The van der Waals surface area contributed by atoms with Gasteiger partial charge in [-0.3, -0.25) is 4.79 Å². The zero-order valence-corrected chi connectivity index (χ0v) is 16.4. The summed E-state index contributed by atoms with van der Waals surface area (Å²) in [5, 5.41) is 4.46. The maximum atomic E-state index is 12.0. The third-order valence-electron chi connectivity index (χ3n) is 3.06. The van der Waals surface area contributed by atoms with E-state index in [1.54, 1.807) is 43.5 Å². The fourth-order valence-electron chi connectivity index (χ4n) is 1.96. The highest BCUT2D eigenvalue weighted by Gasteiger charge is 2.11. The third kappa shape index (κ3) is 5.47. The van der Waals surface area contributed by atoms with Crippen LogP contribution in [0.4, 0.5) is 0 Å². The quantitative estimate of drug-likeness (QED) is 0.284. The Balaban J connectivity index is 2.11. The van der Waals surface area contributed by atoms with Gasteiger partial charge in [0.2, 0.25) is 0 Å². The number of hydrogen-bond donors (Lipinski definition) is 1. The lowest BCUT2D eigenvalue weighted by Crippen LogP contribution is -2.17. The monoisotopic (exact) mass is 470 g/mol. The van der Waals surface area contributed by atoms with E-state index in [0.29, 0.717) is 28.7 Å². The molecule has 0 unspecified atom stereocenters. The van der Waals surface area contributed by atoms with Gasteiger partial charge in [0.15, 0.2) is 11.5 Å². The number of rotatable bonds is 7. The molecule has 0 aliphatic carbocycles. The van der Waals surface area contributed by atoms with E-state index < -0.39 is 0 Å². The molecule has 0 aliphatic rings. The number of nitrogens with one attached hydrogen (secondary N) is 1. The number of halogens is 2. The van der Waals surface area contributed by atoms with Gasteiger partial charge in [-0.25, -0.2) is 5.43 Å². The molecule has 0 saturated heterocycles. The highest BCUT2D eigenvalue weighted by Crippen LogP contribution is 2.33. The van der Waals surface area contributed by atoms with Gasteiger partial charge in [-0.15, -0.1) is 0 Å². The SMILES string of the molecule is C=CCOc1c(I)cc(/C=N\NC(=O)c2cccc(Cl)c2)cc1OC. The van der Waals surface area contributed by atoms with Crippen LogP contribution in [-0.4, -0.2) is 25.8 Å². The second-order valence-corrected chi connectivity index (χ2v) is 6.44. The van der Waals surface area contributed by atoms with E-state index in [1.807, 2.05) is 6.07 Å². The van der Waals surface area contributed by atoms with Gasteiger partial charge in [0.25, 0.3) is 5.91 Å². The predicted molar refractivity (Wildman–Crippen MR) is 108 cm³/mol. The molecule has 0 heterocycles. The molecule has 1 amide bonds. The van der Waals surface area contributed by atoms with Gasteiger partial charge in [-0.2, -0.15) is 5.10 Å². The zero-order valence-electron chi connectivity index (χ0n) is 13.5. The topological polar surface area (TPSA) is 59.9 Å². The molecule has 25 heavy (non-hydrogen) atoms. The maximum Gasteiger partial charge on any atom is 0.271 e. The van der Waals surface area contributed by atoms with Crippen molar-refractivity contribution in [1.82, 2.24) is 5.43 Å². The smallest absolute Gasteiger partial charge is 0.271 e. The molecular weight excluding hydrogens is 455 g/mol. The van der Waals surface area contributed by atoms with Gasteiger partial charge in [-0.05, 0) is 58.5 Å². The van der Waals surface area contributed by atoms with Gasteiger partial charge >= 0.3 is 0 Å². The minimum Gasteiger partial charge on any atom is -0.493 e. The molecule has 0 bridgehead atoms. The Morgan fingerprint density at radius 1 is 1.40 bits per heavy atom. The summed E-state index contributed by atoms with van der Waals surface area (Å²) in [5.74, 6) is 0.880. The average Bonchev–Trinajstić information content (AvgIpc) is 2.60. The number of carbonyl (C=O) groups excluding carboxylic acids is 1. The summed E-state index contributed by atoms with van der Waals surface area (Å²) < 4.78 is 11.8. The molecule has 1 N–H and O–H groups in total. The standard InChI is InChI=1S/C18H16ClIN2O3/c1-3-7-25-17-15(20)8-12(9-16(17)24-2)11-21-22-18(23)13-5-4-6-14(19)10-13/h3-6,8-11H,1,7H2,2H3,(H,22,23)/b21-11-. The Kier molecular flexibility index (Phi) is 7.27. The van der Waals surface area contributed by atoms with Crippen molar-refractivity contribution in [2.45, 2.75) is 0 Å². The van der Waals surface area contributed by atoms with Gasteiger partial charge in [0, 0.05) is 10.6 Å². The minimum atomic E-state index is -0.341. The summed E-state index contributed by atoms with van der Waals surface area (Å²) >= 11 is 8.02. The fraction of sp³-hybridized carbons (Fsp3) is 0.111. The Morgan fingerprint density at radius 3 is 2.88 bits per heavy atom. The van der Waals surface area contributed by atoms with Crippen LogP contribution < -0.4 is 14.9 Å². The molecule has 2 aromatic carbocycles. The molecule has 0 radical (unpaired) electrons. The van der Waals surface area contributed by atoms with Crippen LogP contribution in [0.15, 0.2) is 54.2 Å². The largest absolute Gasteiger partial charge is 0.493 e. The summed E-state index contributed by atoms with van der Waals surface area (Å²) in [5.41, 5.74) is 3.66. The van der Waals surface area contributed by atoms with Crippen LogP contribution >= 0.6 is 34.2 Å². The van der Waals surface area contributed by atoms with E-state index in [1.165, 1.54) is 6.21 Å².